The van der Waals surface area contributed by atoms with Crippen LogP contribution in [0.2, 0.25) is 0 Å². The third-order valence-electron chi connectivity index (χ3n) is 2.94. The Kier molecular flexibility index (Phi) is 9.59. The number of carbonyl (C=O) groups excluding carboxylic acids is 1. The SMILES string of the molecule is CCCC(CCO)CNC(C)CNC(=O)OC(C)(C)C. The van der Waals surface area contributed by atoms with Crippen molar-refractivity contribution < 1.29 is 14.6 Å². The van der Waals surface area contributed by atoms with E-state index in [1.54, 1.807) is 0 Å². The van der Waals surface area contributed by atoms with Crippen molar-refractivity contribution in [3.05, 3.63) is 0 Å². The molecule has 0 saturated heterocycles. The molecular formula is C15H32N2O3. The number of alkyl carbamates (subject to hydrolysis) is 1. The third-order valence-corrected chi connectivity index (χ3v) is 2.94. The van der Waals surface area contributed by atoms with Crippen LogP contribution >= 0.6 is 0 Å². The summed E-state index contributed by atoms with van der Waals surface area (Å²) >= 11 is 0. The van der Waals surface area contributed by atoms with Crippen LogP contribution in [0.15, 0.2) is 0 Å². The lowest BCUT2D eigenvalue weighted by Gasteiger charge is -2.22. The maximum Gasteiger partial charge on any atom is 0.407 e. The van der Waals surface area contributed by atoms with Gasteiger partial charge >= 0.3 is 6.09 Å². The van der Waals surface area contributed by atoms with Gasteiger partial charge in [-0.1, -0.05) is 13.3 Å². The Morgan fingerprint density at radius 1 is 1.25 bits per heavy atom. The van der Waals surface area contributed by atoms with E-state index in [0.29, 0.717) is 12.5 Å². The van der Waals surface area contributed by atoms with Crippen LogP contribution in [0.25, 0.3) is 0 Å². The molecule has 0 heterocycles. The molecule has 5 nitrogen and oxygen atoms in total. The molecule has 0 saturated carbocycles. The molecule has 120 valence electrons. The van der Waals surface area contributed by atoms with E-state index in [1.807, 2.05) is 27.7 Å². The molecule has 0 spiro atoms. The summed E-state index contributed by atoms with van der Waals surface area (Å²) in [7, 11) is 0. The average Bonchev–Trinajstić information content (AvgIpc) is 2.32. The summed E-state index contributed by atoms with van der Waals surface area (Å²) in [6, 6.07) is 0.181. The number of carbonyl (C=O) groups is 1. The first-order chi connectivity index (χ1) is 9.28. The number of aliphatic hydroxyl groups is 1. The van der Waals surface area contributed by atoms with Crippen LogP contribution in [0.4, 0.5) is 4.79 Å². The fraction of sp³-hybridized carbons (Fsp3) is 0.933. The quantitative estimate of drug-likeness (QED) is 0.609. The Morgan fingerprint density at radius 2 is 1.90 bits per heavy atom. The molecule has 0 aromatic rings. The Hall–Kier alpha value is -0.810. The van der Waals surface area contributed by atoms with E-state index in [4.69, 9.17) is 9.84 Å². The van der Waals surface area contributed by atoms with Gasteiger partial charge in [0.2, 0.25) is 0 Å². The summed E-state index contributed by atoms with van der Waals surface area (Å²) in [5.41, 5.74) is -0.464. The molecule has 20 heavy (non-hydrogen) atoms. The molecule has 0 rings (SSSR count). The van der Waals surface area contributed by atoms with E-state index in [-0.39, 0.29) is 18.7 Å². The highest BCUT2D eigenvalue weighted by Gasteiger charge is 2.16. The van der Waals surface area contributed by atoms with Crippen molar-refractivity contribution in [1.29, 1.82) is 0 Å². The minimum atomic E-state index is -0.464. The number of aliphatic hydroxyl groups excluding tert-OH is 1. The molecule has 0 radical (unpaired) electrons. The summed E-state index contributed by atoms with van der Waals surface area (Å²) in [4.78, 5) is 11.5. The Balaban J connectivity index is 3.87. The van der Waals surface area contributed by atoms with Crippen molar-refractivity contribution in [2.45, 2.75) is 65.5 Å². The van der Waals surface area contributed by atoms with Crippen molar-refractivity contribution in [2.24, 2.45) is 5.92 Å². The lowest BCUT2D eigenvalue weighted by atomic mass is 10.00. The van der Waals surface area contributed by atoms with E-state index < -0.39 is 5.60 Å². The highest BCUT2D eigenvalue weighted by Crippen LogP contribution is 2.09. The molecule has 0 aliphatic rings. The molecule has 2 atom stereocenters. The zero-order valence-corrected chi connectivity index (χ0v) is 13.7. The second-order valence-corrected chi connectivity index (χ2v) is 6.36. The highest BCUT2D eigenvalue weighted by molar-refractivity contribution is 5.67. The van der Waals surface area contributed by atoms with Crippen LogP contribution in [0.1, 0.15) is 53.9 Å². The van der Waals surface area contributed by atoms with E-state index in [2.05, 4.69) is 17.6 Å². The molecule has 0 aliphatic heterocycles. The van der Waals surface area contributed by atoms with Crippen LogP contribution in [0, 0.1) is 5.92 Å². The maximum absolute atomic E-state index is 11.5. The standard InChI is InChI=1S/C15H32N2O3/c1-6-7-13(8-9-18)11-16-12(2)10-17-14(19)20-15(3,4)5/h12-13,16,18H,6-11H2,1-5H3,(H,17,19). The van der Waals surface area contributed by atoms with Crippen LogP contribution in [-0.2, 0) is 4.74 Å². The topological polar surface area (TPSA) is 70.6 Å². The van der Waals surface area contributed by atoms with Gasteiger partial charge in [-0.2, -0.15) is 0 Å². The van der Waals surface area contributed by atoms with Crippen molar-refractivity contribution in [3.8, 4) is 0 Å². The van der Waals surface area contributed by atoms with E-state index in [1.165, 1.54) is 0 Å². The van der Waals surface area contributed by atoms with Crippen molar-refractivity contribution in [1.82, 2.24) is 10.6 Å². The van der Waals surface area contributed by atoms with E-state index in [9.17, 15) is 4.79 Å². The Labute approximate surface area is 123 Å². The van der Waals surface area contributed by atoms with Crippen molar-refractivity contribution in [3.63, 3.8) is 0 Å². The second-order valence-electron chi connectivity index (χ2n) is 6.36. The predicted molar refractivity (Wildman–Crippen MR) is 81.8 cm³/mol. The van der Waals surface area contributed by atoms with Crippen molar-refractivity contribution >= 4 is 6.09 Å². The van der Waals surface area contributed by atoms with Gasteiger partial charge in [0.1, 0.15) is 5.60 Å². The van der Waals surface area contributed by atoms with Gasteiger partial charge in [0.15, 0.2) is 0 Å². The number of hydrogen-bond acceptors (Lipinski definition) is 4. The smallest absolute Gasteiger partial charge is 0.407 e. The summed E-state index contributed by atoms with van der Waals surface area (Å²) < 4.78 is 5.18. The van der Waals surface area contributed by atoms with Gasteiger partial charge in [0, 0.05) is 19.2 Å². The summed E-state index contributed by atoms with van der Waals surface area (Å²) in [6.07, 6.45) is 2.68. The normalized spacial score (nSPS) is 14.7. The lowest BCUT2D eigenvalue weighted by Crippen LogP contribution is -2.42. The van der Waals surface area contributed by atoms with Crippen LogP contribution in [0.3, 0.4) is 0 Å². The number of rotatable bonds is 9. The number of ether oxygens (including phenoxy) is 1. The van der Waals surface area contributed by atoms with Gasteiger partial charge in [-0.05, 0) is 53.0 Å². The molecule has 1 amide bonds. The first kappa shape index (κ1) is 19.2. The summed E-state index contributed by atoms with van der Waals surface area (Å²) in [6.45, 7) is 11.3. The molecule has 3 N–H and O–H groups in total. The first-order valence-electron chi connectivity index (χ1n) is 7.59. The third kappa shape index (κ3) is 11.1. The van der Waals surface area contributed by atoms with Gasteiger partial charge in [0.25, 0.3) is 0 Å². The molecule has 0 fully saturated rings. The van der Waals surface area contributed by atoms with Crippen LogP contribution < -0.4 is 10.6 Å². The summed E-state index contributed by atoms with van der Waals surface area (Å²) in [5.74, 6) is 0.494. The molecule has 5 heteroatoms. The fourth-order valence-corrected chi connectivity index (χ4v) is 1.93. The second kappa shape index (κ2) is 10.00. The van der Waals surface area contributed by atoms with Gasteiger partial charge in [0.05, 0.1) is 0 Å². The molecule has 0 aromatic heterocycles. The van der Waals surface area contributed by atoms with E-state index >= 15 is 0 Å². The van der Waals surface area contributed by atoms with Crippen LogP contribution in [0.5, 0.6) is 0 Å². The first-order valence-corrected chi connectivity index (χ1v) is 7.59. The number of nitrogens with one attached hydrogen (secondary N) is 2. The molecular weight excluding hydrogens is 256 g/mol. The number of hydrogen-bond donors (Lipinski definition) is 3. The molecule has 0 aliphatic carbocycles. The van der Waals surface area contributed by atoms with Crippen molar-refractivity contribution in [2.75, 3.05) is 19.7 Å². The fourth-order valence-electron chi connectivity index (χ4n) is 1.93. The van der Waals surface area contributed by atoms with Gasteiger partial charge in [-0.15, -0.1) is 0 Å². The minimum Gasteiger partial charge on any atom is -0.444 e. The predicted octanol–water partition coefficient (Wildman–Crippen LogP) is 2.29. The number of amides is 1. The highest BCUT2D eigenvalue weighted by atomic mass is 16.6. The largest absolute Gasteiger partial charge is 0.444 e. The Morgan fingerprint density at radius 3 is 2.40 bits per heavy atom. The van der Waals surface area contributed by atoms with E-state index in [0.717, 1.165) is 25.8 Å². The zero-order valence-electron chi connectivity index (χ0n) is 13.7. The molecule has 2 unspecified atom stereocenters. The Bertz CT molecular complexity index is 258. The molecule has 0 aromatic carbocycles. The van der Waals surface area contributed by atoms with Gasteiger partial charge in [-0.3, -0.25) is 0 Å². The van der Waals surface area contributed by atoms with Gasteiger partial charge in [-0.25, -0.2) is 4.79 Å². The van der Waals surface area contributed by atoms with Crippen LogP contribution in [-0.4, -0.2) is 42.5 Å². The summed E-state index contributed by atoms with van der Waals surface area (Å²) in [5, 5.41) is 15.2. The monoisotopic (exact) mass is 288 g/mol. The minimum absolute atomic E-state index is 0.181. The lowest BCUT2D eigenvalue weighted by molar-refractivity contribution is 0.0523. The maximum atomic E-state index is 11.5. The molecule has 0 bridgehead atoms. The zero-order chi connectivity index (χ0) is 15.6. The van der Waals surface area contributed by atoms with Gasteiger partial charge < -0.3 is 20.5 Å². The average molecular weight is 288 g/mol.